The van der Waals surface area contributed by atoms with Gasteiger partial charge in [0.2, 0.25) is 5.89 Å². The van der Waals surface area contributed by atoms with Crippen molar-refractivity contribution in [2.45, 2.75) is 31.9 Å². The summed E-state index contributed by atoms with van der Waals surface area (Å²) in [5.41, 5.74) is 0.385. The van der Waals surface area contributed by atoms with Gasteiger partial charge in [-0.1, -0.05) is 18.1 Å². The summed E-state index contributed by atoms with van der Waals surface area (Å²) in [5, 5.41) is 14.0. The zero-order valence-electron chi connectivity index (χ0n) is 13.2. The van der Waals surface area contributed by atoms with Crippen LogP contribution in [-0.2, 0) is 6.42 Å². The molecule has 4 heterocycles. The summed E-state index contributed by atoms with van der Waals surface area (Å²) < 4.78 is 6.81. The summed E-state index contributed by atoms with van der Waals surface area (Å²) in [6, 6.07) is 6.56. The van der Waals surface area contributed by atoms with Crippen molar-refractivity contribution >= 4 is 11.5 Å². The van der Waals surface area contributed by atoms with Crippen LogP contribution in [0.3, 0.4) is 0 Å². The Bertz CT molecular complexity index is 935. The van der Waals surface area contributed by atoms with E-state index in [-0.39, 0.29) is 11.6 Å². The van der Waals surface area contributed by atoms with E-state index in [1.54, 1.807) is 18.3 Å². The summed E-state index contributed by atoms with van der Waals surface area (Å²) in [5.74, 6) is 1.57. The molecule has 8 nitrogen and oxygen atoms in total. The fourth-order valence-electron chi connectivity index (χ4n) is 3.04. The zero-order chi connectivity index (χ0) is 16.7. The lowest BCUT2D eigenvalue weighted by Crippen LogP contribution is -2.28. The van der Waals surface area contributed by atoms with Gasteiger partial charge in [-0.25, -0.2) is 4.98 Å². The first-order valence-electron chi connectivity index (χ1n) is 7.91. The van der Waals surface area contributed by atoms with Crippen LogP contribution in [0.5, 0.6) is 0 Å². The highest BCUT2D eigenvalue weighted by atomic mass is 16.5. The highest BCUT2D eigenvalue weighted by Gasteiger charge is 2.37. The molecule has 3 aromatic rings. The third-order valence-electron chi connectivity index (χ3n) is 4.22. The van der Waals surface area contributed by atoms with Gasteiger partial charge in [-0.05, 0) is 12.1 Å². The molecule has 1 saturated heterocycles. The number of aryl methyl sites for hydroxylation is 1. The lowest BCUT2D eigenvalue weighted by Gasteiger charge is -2.22. The molecule has 0 bridgehead atoms. The van der Waals surface area contributed by atoms with Crippen molar-refractivity contribution in [3.63, 3.8) is 0 Å². The molecule has 1 fully saturated rings. The van der Waals surface area contributed by atoms with Gasteiger partial charge in [0.25, 0.3) is 5.56 Å². The first-order chi connectivity index (χ1) is 11.7. The van der Waals surface area contributed by atoms with Crippen LogP contribution in [0, 0.1) is 0 Å². The number of fused-ring (bicyclic) bond motifs is 1. The quantitative estimate of drug-likeness (QED) is 0.765. The molecule has 0 amide bonds. The van der Waals surface area contributed by atoms with Gasteiger partial charge < -0.3 is 14.5 Å². The molecule has 0 unspecified atom stereocenters. The van der Waals surface area contributed by atoms with Gasteiger partial charge in [0.05, 0.1) is 6.10 Å². The molecule has 24 heavy (non-hydrogen) atoms. The van der Waals surface area contributed by atoms with E-state index < -0.39 is 6.10 Å². The molecule has 3 aromatic heterocycles. The molecule has 1 aliphatic heterocycles. The molecule has 1 aliphatic rings. The minimum Gasteiger partial charge on any atom is -0.391 e. The van der Waals surface area contributed by atoms with Crippen LogP contribution < -0.4 is 10.5 Å². The smallest absolute Gasteiger partial charge is 0.259 e. The van der Waals surface area contributed by atoms with E-state index in [0.717, 1.165) is 0 Å². The molecule has 0 aromatic carbocycles. The van der Waals surface area contributed by atoms with Crippen molar-refractivity contribution in [2.24, 2.45) is 0 Å². The Balaban J connectivity index is 1.77. The first kappa shape index (κ1) is 14.8. The van der Waals surface area contributed by atoms with Crippen molar-refractivity contribution in [1.82, 2.24) is 19.5 Å². The number of hydrogen-bond donors (Lipinski definition) is 1. The number of aromatic nitrogens is 4. The van der Waals surface area contributed by atoms with Gasteiger partial charge in [-0.3, -0.25) is 9.20 Å². The summed E-state index contributed by atoms with van der Waals surface area (Å²) in [7, 11) is 0. The first-order valence-corrected chi connectivity index (χ1v) is 7.91. The molecular weight excluding hydrogens is 310 g/mol. The van der Waals surface area contributed by atoms with Gasteiger partial charge in [-0.15, -0.1) is 0 Å². The lowest BCUT2D eigenvalue weighted by molar-refractivity contribution is 0.191. The number of anilines is 1. The van der Waals surface area contributed by atoms with Crippen molar-refractivity contribution in [1.29, 1.82) is 0 Å². The van der Waals surface area contributed by atoms with Crippen molar-refractivity contribution in [3.05, 3.63) is 52.5 Å². The van der Waals surface area contributed by atoms with Crippen LogP contribution in [0.25, 0.3) is 5.65 Å². The van der Waals surface area contributed by atoms with Crippen LogP contribution in [0.4, 0.5) is 5.82 Å². The second kappa shape index (κ2) is 5.72. The normalized spacial score (nSPS) is 20.8. The van der Waals surface area contributed by atoms with Crippen molar-refractivity contribution in [2.75, 3.05) is 11.4 Å². The average molecular weight is 327 g/mol. The Hall–Kier alpha value is -2.74. The maximum Gasteiger partial charge on any atom is 0.259 e. The summed E-state index contributed by atoms with van der Waals surface area (Å²) in [6.07, 6.45) is 2.27. The second-order valence-corrected chi connectivity index (χ2v) is 5.84. The average Bonchev–Trinajstić information content (AvgIpc) is 3.21. The van der Waals surface area contributed by atoms with Crippen LogP contribution >= 0.6 is 0 Å². The molecule has 1 N–H and O–H groups in total. The number of β-amino-alcohol motifs (C(OH)–C–C–N with tert-alkyl or cyclic N) is 1. The highest BCUT2D eigenvalue weighted by molar-refractivity contribution is 5.50. The summed E-state index contributed by atoms with van der Waals surface area (Å²) >= 11 is 0. The van der Waals surface area contributed by atoms with Gasteiger partial charge >= 0.3 is 0 Å². The van der Waals surface area contributed by atoms with Crippen LogP contribution in [0.15, 0.2) is 39.8 Å². The predicted molar refractivity (Wildman–Crippen MR) is 85.8 cm³/mol. The summed E-state index contributed by atoms with van der Waals surface area (Å²) in [6.45, 7) is 2.31. The number of aliphatic hydroxyl groups excluding tert-OH is 1. The number of rotatable bonds is 3. The molecule has 4 rings (SSSR count). The maximum absolute atomic E-state index is 12.3. The van der Waals surface area contributed by atoms with Gasteiger partial charge in [0.1, 0.15) is 17.5 Å². The number of aliphatic hydroxyl groups is 1. The molecule has 0 spiro atoms. The standard InChI is InChI=1S/C16H17N5O3/c1-2-12-17-16(24-19-12)11-7-10(22)9-21(11)14-8-15(23)20-6-4-3-5-13(20)18-14/h3-6,8,10-11,22H,2,7,9H2,1H3/t10-,11+/m0/s1. The van der Waals surface area contributed by atoms with E-state index >= 15 is 0 Å². The van der Waals surface area contributed by atoms with Gasteiger partial charge in [0, 0.05) is 31.6 Å². The fourth-order valence-corrected chi connectivity index (χ4v) is 3.04. The minimum atomic E-state index is -0.539. The Morgan fingerprint density at radius 2 is 2.25 bits per heavy atom. The Morgan fingerprint density at radius 3 is 3.04 bits per heavy atom. The number of hydrogen-bond acceptors (Lipinski definition) is 7. The van der Waals surface area contributed by atoms with E-state index in [2.05, 4.69) is 15.1 Å². The molecule has 124 valence electrons. The topological polar surface area (TPSA) is 96.8 Å². The highest BCUT2D eigenvalue weighted by Crippen LogP contribution is 2.34. The lowest BCUT2D eigenvalue weighted by atomic mass is 10.2. The molecule has 8 heteroatoms. The van der Waals surface area contributed by atoms with Crippen molar-refractivity contribution in [3.8, 4) is 0 Å². The van der Waals surface area contributed by atoms with E-state index in [1.165, 1.54) is 10.5 Å². The third-order valence-corrected chi connectivity index (χ3v) is 4.22. The molecule has 2 atom stereocenters. The van der Waals surface area contributed by atoms with Gasteiger partial charge in [-0.2, -0.15) is 4.98 Å². The number of nitrogens with zero attached hydrogens (tertiary/aromatic N) is 5. The number of pyridine rings is 1. The zero-order valence-corrected chi connectivity index (χ0v) is 13.2. The molecular formula is C16H17N5O3. The summed E-state index contributed by atoms with van der Waals surface area (Å²) in [4.78, 5) is 23.1. The Labute approximate surface area is 137 Å². The third kappa shape index (κ3) is 2.44. The van der Waals surface area contributed by atoms with E-state index in [0.29, 0.717) is 42.6 Å². The molecule has 0 aliphatic carbocycles. The SMILES string of the molecule is CCc1noc([C@H]2C[C@H](O)CN2c2cc(=O)n3ccccc3n2)n1. The monoisotopic (exact) mass is 327 g/mol. The maximum atomic E-state index is 12.3. The molecule has 0 radical (unpaired) electrons. The molecule has 0 saturated carbocycles. The van der Waals surface area contributed by atoms with E-state index in [4.69, 9.17) is 4.52 Å². The minimum absolute atomic E-state index is 0.171. The largest absolute Gasteiger partial charge is 0.391 e. The van der Waals surface area contributed by atoms with E-state index in [1.807, 2.05) is 17.9 Å². The van der Waals surface area contributed by atoms with Gasteiger partial charge in [0.15, 0.2) is 5.82 Å². The Kier molecular flexibility index (Phi) is 3.53. The van der Waals surface area contributed by atoms with Crippen LogP contribution in [0.2, 0.25) is 0 Å². The van der Waals surface area contributed by atoms with Crippen LogP contribution in [0.1, 0.15) is 31.1 Å². The predicted octanol–water partition coefficient (Wildman–Crippen LogP) is 0.952. The van der Waals surface area contributed by atoms with Crippen LogP contribution in [-0.4, -0.2) is 37.3 Å². The fraction of sp³-hybridized carbons (Fsp3) is 0.375. The Morgan fingerprint density at radius 1 is 1.38 bits per heavy atom. The van der Waals surface area contributed by atoms with E-state index in [9.17, 15) is 9.90 Å². The second-order valence-electron chi connectivity index (χ2n) is 5.84. The van der Waals surface area contributed by atoms with Crippen molar-refractivity contribution < 1.29 is 9.63 Å².